The maximum atomic E-state index is 12.8. The first-order valence-electron chi connectivity index (χ1n) is 8.84. The van der Waals surface area contributed by atoms with Crippen LogP contribution in [0.4, 0.5) is 5.69 Å². The highest BCUT2D eigenvalue weighted by Crippen LogP contribution is 2.35. The Labute approximate surface area is 158 Å². The molecule has 0 spiro atoms. The summed E-state index contributed by atoms with van der Waals surface area (Å²) in [6, 6.07) is 15.4. The fourth-order valence-corrected chi connectivity index (χ4v) is 3.18. The summed E-state index contributed by atoms with van der Waals surface area (Å²) < 4.78 is 5.57. The van der Waals surface area contributed by atoms with Gasteiger partial charge in [-0.05, 0) is 38.3 Å². The molecule has 0 aliphatic carbocycles. The average molecular weight is 366 g/mol. The highest BCUT2D eigenvalue weighted by Gasteiger charge is 2.38. The Hall–Kier alpha value is -3.02. The van der Waals surface area contributed by atoms with Crippen LogP contribution in [0.3, 0.4) is 0 Å². The Balaban J connectivity index is 1.93. The van der Waals surface area contributed by atoms with Crippen molar-refractivity contribution in [1.82, 2.24) is 0 Å². The maximum Gasteiger partial charge on any atom is 0.332 e. The number of carbonyl (C=O) groups is 1. The predicted octanol–water partition coefficient (Wildman–Crippen LogP) is 4.28. The number of ether oxygens (including phenoxy) is 1. The van der Waals surface area contributed by atoms with E-state index in [-0.39, 0.29) is 17.6 Å². The van der Waals surface area contributed by atoms with Crippen LogP contribution >= 0.6 is 0 Å². The fraction of sp³-hybridized carbons (Fsp3) is 0.333. The highest BCUT2D eigenvalue weighted by atomic mass is 16.6. The van der Waals surface area contributed by atoms with Crippen molar-refractivity contribution < 1.29 is 14.5 Å². The monoisotopic (exact) mass is 366 g/mol. The molecule has 3 rings (SSSR count). The van der Waals surface area contributed by atoms with Crippen LogP contribution in [0, 0.1) is 10.1 Å². The van der Waals surface area contributed by atoms with Crippen molar-refractivity contribution in [2.75, 3.05) is 0 Å². The van der Waals surface area contributed by atoms with Crippen LogP contribution in [0.1, 0.15) is 44.2 Å². The minimum Gasteiger partial charge on any atom is -0.458 e. The first kappa shape index (κ1) is 18.8. The molecular formula is C21H22N2O4. The molecule has 0 unspecified atom stereocenters. The molecule has 0 bridgehead atoms. The van der Waals surface area contributed by atoms with E-state index in [1.807, 2.05) is 51.1 Å². The molecule has 0 amide bonds. The van der Waals surface area contributed by atoms with Crippen LogP contribution in [0.5, 0.6) is 0 Å². The number of non-ortho nitro benzene ring substituents is 1. The van der Waals surface area contributed by atoms with Crippen molar-refractivity contribution in [2.45, 2.75) is 44.8 Å². The van der Waals surface area contributed by atoms with Gasteiger partial charge >= 0.3 is 5.97 Å². The third kappa shape index (κ3) is 4.39. The zero-order chi connectivity index (χ0) is 19.6. The van der Waals surface area contributed by atoms with Crippen LogP contribution < -0.4 is 0 Å². The molecule has 1 aliphatic heterocycles. The van der Waals surface area contributed by atoms with E-state index in [4.69, 9.17) is 4.74 Å². The molecule has 0 radical (unpaired) electrons. The van der Waals surface area contributed by atoms with Crippen molar-refractivity contribution in [3.63, 3.8) is 0 Å². The van der Waals surface area contributed by atoms with E-state index in [1.165, 1.54) is 12.1 Å². The number of hydrogen-bond donors (Lipinski definition) is 0. The van der Waals surface area contributed by atoms with E-state index in [1.54, 1.807) is 12.1 Å². The molecule has 0 saturated heterocycles. The summed E-state index contributed by atoms with van der Waals surface area (Å²) in [7, 11) is 0. The van der Waals surface area contributed by atoms with Gasteiger partial charge in [-0.1, -0.05) is 42.5 Å². The van der Waals surface area contributed by atoms with Crippen LogP contribution in [0.2, 0.25) is 0 Å². The summed E-state index contributed by atoms with van der Waals surface area (Å²) in [6.07, 6.45) is 0.575. The lowest BCUT2D eigenvalue weighted by molar-refractivity contribution is -0.384. The molecule has 140 valence electrons. The second kappa shape index (κ2) is 7.31. The van der Waals surface area contributed by atoms with Crippen molar-refractivity contribution >= 4 is 17.4 Å². The zero-order valence-corrected chi connectivity index (χ0v) is 15.6. The summed E-state index contributed by atoms with van der Waals surface area (Å²) in [4.78, 5) is 27.9. The molecule has 1 aliphatic rings. The standard InChI is InChI=1S/C21H22N2O4/c1-21(2,3)27-20(24)19-17(14-9-11-16(12-10-14)23(25)26)13-18(22-19)15-7-5-4-6-8-15/h4-12,17,19H,13H2,1-3H3/t17-,19+/m1/s1. The minimum atomic E-state index is -0.666. The lowest BCUT2D eigenvalue weighted by Crippen LogP contribution is -2.32. The van der Waals surface area contributed by atoms with Crippen LogP contribution in [-0.2, 0) is 9.53 Å². The van der Waals surface area contributed by atoms with Gasteiger partial charge in [0.25, 0.3) is 5.69 Å². The molecule has 1 heterocycles. The zero-order valence-electron chi connectivity index (χ0n) is 15.6. The Morgan fingerprint density at radius 1 is 1.11 bits per heavy atom. The van der Waals surface area contributed by atoms with Crippen molar-refractivity contribution in [2.24, 2.45) is 4.99 Å². The van der Waals surface area contributed by atoms with Gasteiger partial charge in [0.05, 0.1) is 4.92 Å². The lowest BCUT2D eigenvalue weighted by Gasteiger charge is -2.24. The second-order valence-electron chi connectivity index (χ2n) is 7.58. The van der Waals surface area contributed by atoms with E-state index in [0.29, 0.717) is 6.42 Å². The summed E-state index contributed by atoms with van der Waals surface area (Å²) in [5.41, 5.74) is 2.06. The Bertz CT molecular complexity index is 867. The quantitative estimate of drug-likeness (QED) is 0.459. The molecule has 2 atom stereocenters. The molecular weight excluding hydrogens is 344 g/mol. The number of esters is 1. The largest absolute Gasteiger partial charge is 0.458 e. The fourth-order valence-electron chi connectivity index (χ4n) is 3.18. The number of nitrogens with zero attached hydrogens (tertiary/aromatic N) is 2. The van der Waals surface area contributed by atoms with Crippen LogP contribution in [-0.4, -0.2) is 28.2 Å². The van der Waals surface area contributed by atoms with Gasteiger partial charge in [0.2, 0.25) is 0 Å². The maximum absolute atomic E-state index is 12.8. The van der Waals surface area contributed by atoms with E-state index in [0.717, 1.165) is 16.8 Å². The number of rotatable bonds is 4. The van der Waals surface area contributed by atoms with Crippen molar-refractivity contribution in [3.05, 3.63) is 75.8 Å². The number of nitro groups is 1. The van der Waals surface area contributed by atoms with Gasteiger partial charge in [-0.2, -0.15) is 0 Å². The average Bonchev–Trinajstić information content (AvgIpc) is 3.07. The number of aliphatic imine (C=N–C) groups is 1. The van der Waals surface area contributed by atoms with E-state index in [2.05, 4.69) is 4.99 Å². The topological polar surface area (TPSA) is 81.8 Å². The molecule has 0 saturated carbocycles. The number of benzene rings is 2. The second-order valence-corrected chi connectivity index (χ2v) is 7.58. The number of carbonyl (C=O) groups excluding carboxylic acids is 1. The van der Waals surface area contributed by atoms with Gasteiger partial charge in [-0.25, -0.2) is 4.79 Å². The molecule has 27 heavy (non-hydrogen) atoms. The smallest absolute Gasteiger partial charge is 0.332 e. The van der Waals surface area contributed by atoms with Crippen LogP contribution in [0.15, 0.2) is 59.6 Å². The number of nitro benzene ring substituents is 1. The first-order valence-corrected chi connectivity index (χ1v) is 8.84. The molecule has 6 heteroatoms. The predicted molar refractivity (Wildman–Crippen MR) is 103 cm³/mol. The SMILES string of the molecule is CC(C)(C)OC(=O)[C@H]1N=C(c2ccccc2)C[C@@H]1c1ccc([N+](=O)[O-])cc1. The van der Waals surface area contributed by atoms with Gasteiger partial charge in [0.1, 0.15) is 5.60 Å². The number of hydrogen-bond acceptors (Lipinski definition) is 5. The Morgan fingerprint density at radius 2 is 1.74 bits per heavy atom. The molecule has 2 aromatic carbocycles. The van der Waals surface area contributed by atoms with Gasteiger partial charge in [0, 0.05) is 23.8 Å². The minimum absolute atomic E-state index is 0.0229. The van der Waals surface area contributed by atoms with Gasteiger partial charge < -0.3 is 4.74 Å². The first-order chi connectivity index (χ1) is 12.7. The van der Waals surface area contributed by atoms with Gasteiger partial charge in [-0.3, -0.25) is 15.1 Å². The van der Waals surface area contributed by atoms with E-state index >= 15 is 0 Å². The van der Waals surface area contributed by atoms with Gasteiger partial charge in [0.15, 0.2) is 6.04 Å². The van der Waals surface area contributed by atoms with Crippen molar-refractivity contribution in [1.29, 1.82) is 0 Å². The molecule has 0 N–H and O–H groups in total. The summed E-state index contributed by atoms with van der Waals surface area (Å²) in [5, 5.41) is 10.9. The Morgan fingerprint density at radius 3 is 2.30 bits per heavy atom. The van der Waals surface area contributed by atoms with Crippen LogP contribution in [0.25, 0.3) is 0 Å². The Kier molecular flexibility index (Phi) is 5.08. The van der Waals surface area contributed by atoms with Crippen molar-refractivity contribution in [3.8, 4) is 0 Å². The molecule has 0 aromatic heterocycles. The third-order valence-electron chi connectivity index (χ3n) is 4.38. The molecule has 2 aromatic rings. The van der Waals surface area contributed by atoms with Gasteiger partial charge in [-0.15, -0.1) is 0 Å². The lowest BCUT2D eigenvalue weighted by atomic mass is 9.89. The summed E-state index contributed by atoms with van der Waals surface area (Å²) in [6.45, 7) is 5.47. The highest BCUT2D eigenvalue weighted by molar-refractivity contribution is 6.04. The van der Waals surface area contributed by atoms with E-state index in [9.17, 15) is 14.9 Å². The molecule has 6 nitrogen and oxygen atoms in total. The third-order valence-corrected chi connectivity index (χ3v) is 4.38. The summed E-state index contributed by atoms with van der Waals surface area (Å²) >= 11 is 0. The molecule has 0 fully saturated rings. The van der Waals surface area contributed by atoms with E-state index < -0.39 is 16.6 Å². The summed E-state index contributed by atoms with van der Waals surface area (Å²) in [5.74, 6) is -0.590. The normalized spacial score (nSPS) is 19.4.